The molecule has 2 aromatic carbocycles. The van der Waals surface area contributed by atoms with E-state index in [1.165, 1.54) is 0 Å². The van der Waals surface area contributed by atoms with Crippen LogP contribution in [-0.4, -0.2) is 19.1 Å². The first-order valence-corrected chi connectivity index (χ1v) is 13.3. The van der Waals surface area contributed by atoms with Crippen LogP contribution in [0.3, 0.4) is 0 Å². The van der Waals surface area contributed by atoms with Crippen molar-refractivity contribution in [3.05, 3.63) is 66.6 Å². The van der Waals surface area contributed by atoms with Gasteiger partial charge in [0.05, 0.1) is 21.8 Å². The van der Waals surface area contributed by atoms with E-state index in [0.717, 1.165) is 33.7 Å². The molecule has 0 saturated heterocycles. The van der Waals surface area contributed by atoms with Crippen LogP contribution >= 0.6 is 46.0 Å². The van der Waals surface area contributed by atoms with Crippen LogP contribution < -0.4 is 11.1 Å². The standard InChI is InChI=1S/C22H22N4O2S4/c1-3-9-25-19(27)15-11-13(5-7-17(15)23-21(25)29)31-32-14-6-8-18-16(12-14)20(28)26(10-4-2)22(30)24-18/h5-8,11-12H,3-4,9-10H2,1-2H3,(H,23,29)(H,24,30). The molecule has 32 heavy (non-hydrogen) atoms. The van der Waals surface area contributed by atoms with Gasteiger partial charge in [0.15, 0.2) is 9.54 Å². The lowest BCUT2D eigenvalue weighted by atomic mass is 10.2. The van der Waals surface area contributed by atoms with Gasteiger partial charge in [-0.05, 0) is 73.7 Å². The highest BCUT2D eigenvalue weighted by Gasteiger charge is 2.09. The van der Waals surface area contributed by atoms with Gasteiger partial charge in [0, 0.05) is 22.9 Å². The summed E-state index contributed by atoms with van der Waals surface area (Å²) in [6.07, 6.45) is 1.67. The summed E-state index contributed by atoms with van der Waals surface area (Å²) in [5.74, 6) is 0. The SMILES string of the molecule is CCCn1c(=S)[nH]c2ccc(SSc3ccc4[nH]c(=S)n(CCC)c(=O)c4c3)cc2c1=O. The highest BCUT2D eigenvalue weighted by molar-refractivity contribution is 8.76. The van der Waals surface area contributed by atoms with Crippen molar-refractivity contribution >= 4 is 67.8 Å². The van der Waals surface area contributed by atoms with E-state index in [2.05, 4.69) is 9.97 Å². The van der Waals surface area contributed by atoms with Crippen molar-refractivity contribution < 1.29 is 0 Å². The monoisotopic (exact) mass is 502 g/mol. The molecule has 0 aliphatic rings. The number of nitrogens with zero attached hydrogens (tertiary/aromatic N) is 2. The van der Waals surface area contributed by atoms with E-state index >= 15 is 0 Å². The summed E-state index contributed by atoms with van der Waals surface area (Å²) in [5, 5.41) is 1.23. The van der Waals surface area contributed by atoms with Crippen molar-refractivity contribution in [1.29, 1.82) is 0 Å². The number of aromatic amines is 2. The van der Waals surface area contributed by atoms with E-state index in [9.17, 15) is 9.59 Å². The molecular weight excluding hydrogens is 481 g/mol. The summed E-state index contributed by atoms with van der Waals surface area (Å²) < 4.78 is 4.10. The maximum absolute atomic E-state index is 12.9. The quantitative estimate of drug-likeness (QED) is 0.237. The van der Waals surface area contributed by atoms with Crippen LogP contribution in [0, 0.1) is 9.54 Å². The van der Waals surface area contributed by atoms with Crippen molar-refractivity contribution in [1.82, 2.24) is 19.1 Å². The summed E-state index contributed by atoms with van der Waals surface area (Å²) >= 11 is 10.6. The number of H-pyrrole nitrogens is 2. The zero-order valence-electron chi connectivity index (χ0n) is 17.6. The normalized spacial score (nSPS) is 11.4. The molecule has 166 valence electrons. The molecule has 0 aliphatic carbocycles. The fraction of sp³-hybridized carbons (Fsp3) is 0.273. The fourth-order valence-corrected chi connectivity index (χ4v) is 6.05. The molecule has 0 atom stereocenters. The summed E-state index contributed by atoms with van der Waals surface area (Å²) in [4.78, 5) is 33.9. The first kappa shape index (κ1) is 23.0. The molecule has 0 saturated carbocycles. The van der Waals surface area contributed by atoms with Gasteiger partial charge in [0.1, 0.15) is 0 Å². The molecule has 4 rings (SSSR count). The Morgan fingerprint density at radius 3 is 1.53 bits per heavy atom. The lowest BCUT2D eigenvalue weighted by molar-refractivity contribution is 0.638. The van der Waals surface area contributed by atoms with Crippen LogP contribution in [-0.2, 0) is 13.1 Å². The maximum Gasteiger partial charge on any atom is 0.262 e. The van der Waals surface area contributed by atoms with Crippen molar-refractivity contribution in [2.24, 2.45) is 0 Å². The van der Waals surface area contributed by atoms with Gasteiger partial charge in [-0.15, -0.1) is 0 Å². The van der Waals surface area contributed by atoms with E-state index in [1.807, 2.05) is 50.2 Å². The Hall–Kier alpha value is -2.14. The van der Waals surface area contributed by atoms with Gasteiger partial charge in [-0.2, -0.15) is 0 Å². The average molecular weight is 503 g/mol. The topological polar surface area (TPSA) is 75.6 Å². The molecule has 10 heteroatoms. The van der Waals surface area contributed by atoms with Gasteiger partial charge < -0.3 is 9.97 Å². The van der Waals surface area contributed by atoms with Crippen LogP contribution in [0.4, 0.5) is 0 Å². The van der Waals surface area contributed by atoms with Gasteiger partial charge in [-0.25, -0.2) is 0 Å². The van der Waals surface area contributed by atoms with Crippen molar-refractivity contribution in [2.45, 2.75) is 49.6 Å². The molecule has 0 bridgehead atoms. The third-order valence-corrected chi connectivity index (χ3v) is 8.06. The third-order valence-electron chi connectivity index (χ3n) is 5.04. The molecule has 6 nitrogen and oxygen atoms in total. The van der Waals surface area contributed by atoms with Crippen molar-refractivity contribution in [2.75, 3.05) is 0 Å². The summed E-state index contributed by atoms with van der Waals surface area (Å²) in [7, 11) is 3.08. The van der Waals surface area contributed by atoms with Crippen molar-refractivity contribution in [3.63, 3.8) is 0 Å². The summed E-state index contributed by atoms with van der Waals surface area (Å²) in [6, 6.07) is 11.5. The Morgan fingerprint density at radius 1 is 0.750 bits per heavy atom. The number of aromatic nitrogens is 4. The Labute approximate surface area is 202 Å². The highest BCUT2D eigenvalue weighted by Crippen LogP contribution is 2.38. The van der Waals surface area contributed by atoms with Crippen LogP contribution in [0.25, 0.3) is 21.8 Å². The molecule has 2 N–H and O–H groups in total. The Morgan fingerprint density at radius 2 is 1.16 bits per heavy atom. The molecule has 2 heterocycles. The molecule has 0 unspecified atom stereocenters. The van der Waals surface area contributed by atoms with Gasteiger partial charge in [-0.1, -0.05) is 35.4 Å². The number of nitrogens with one attached hydrogen (secondary N) is 2. The summed E-state index contributed by atoms with van der Waals surface area (Å²) in [5.41, 5.74) is 1.32. The Kier molecular flexibility index (Phi) is 7.04. The molecule has 0 amide bonds. The zero-order valence-corrected chi connectivity index (χ0v) is 20.9. The zero-order chi connectivity index (χ0) is 22.8. The molecular formula is C22H22N4O2S4. The second-order valence-corrected chi connectivity index (χ2v) is 10.4. The molecule has 0 radical (unpaired) electrons. The fourth-order valence-electron chi connectivity index (χ4n) is 3.51. The number of fused-ring (bicyclic) bond motifs is 2. The predicted octanol–water partition coefficient (Wildman–Crippen LogP) is 6.05. The molecule has 0 spiro atoms. The van der Waals surface area contributed by atoms with Crippen LogP contribution in [0.15, 0.2) is 55.8 Å². The molecule has 0 fully saturated rings. The molecule has 0 aliphatic heterocycles. The van der Waals surface area contributed by atoms with E-state index in [1.54, 1.807) is 30.7 Å². The number of hydrogen-bond donors (Lipinski definition) is 2. The van der Waals surface area contributed by atoms with Gasteiger partial charge >= 0.3 is 0 Å². The minimum Gasteiger partial charge on any atom is -0.332 e. The van der Waals surface area contributed by atoms with Gasteiger partial charge in [0.25, 0.3) is 11.1 Å². The van der Waals surface area contributed by atoms with E-state index < -0.39 is 0 Å². The van der Waals surface area contributed by atoms with Gasteiger partial charge in [0.2, 0.25) is 0 Å². The smallest absolute Gasteiger partial charge is 0.262 e. The first-order valence-electron chi connectivity index (χ1n) is 10.3. The maximum atomic E-state index is 12.9. The Balaban J connectivity index is 1.65. The van der Waals surface area contributed by atoms with E-state index in [-0.39, 0.29) is 11.1 Å². The predicted molar refractivity (Wildman–Crippen MR) is 139 cm³/mol. The lowest BCUT2D eigenvalue weighted by Gasteiger charge is -2.09. The van der Waals surface area contributed by atoms with E-state index in [0.29, 0.717) is 33.4 Å². The average Bonchev–Trinajstić information content (AvgIpc) is 2.78. The largest absolute Gasteiger partial charge is 0.332 e. The number of hydrogen-bond acceptors (Lipinski definition) is 6. The molecule has 4 aromatic rings. The first-order chi connectivity index (χ1) is 15.4. The van der Waals surface area contributed by atoms with E-state index in [4.69, 9.17) is 24.4 Å². The lowest BCUT2D eigenvalue weighted by Crippen LogP contribution is -2.22. The van der Waals surface area contributed by atoms with Crippen LogP contribution in [0.5, 0.6) is 0 Å². The summed E-state index contributed by atoms with van der Waals surface area (Å²) in [6.45, 7) is 5.21. The molecule has 2 aromatic heterocycles. The van der Waals surface area contributed by atoms with Crippen LogP contribution in [0.1, 0.15) is 26.7 Å². The van der Waals surface area contributed by atoms with Crippen molar-refractivity contribution in [3.8, 4) is 0 Å². The minimum atomic E-state index is -0.0736. The minimum absolute atomic E-state index is 0.0736. The van der Waals surface area contributed by atoms with Gasteiger partial charge in [-0.3, -0.25) is 18.7 Å². The second-order valence-electron chi connectivity index (χ2n) is 7.36. The van der Waals surface area contributed by atoms with Crippen LogP contribution in [0.2, 0.25) is 0 Å². The number of rotatable bonds is 7. The number of benzene rings is 2. The third kappa shape index (κ3) is 4.50. The second kappa shape index (κ2) is 9.78. The Bertz CT molecular complexity index is 1430. The highest BCUT2D eigenvalue weighted by atomic mass is 33.1.